The molecule has 0 bridgehead atoms. The van der Waals surface area contributed by atoms with E-state index in [1.54, 1.807) is 36.5 Å². The lowest BCUT2D eigenvalue weighted by molar-refractivity contribution is -0.117. The Morgan fingerprint density at radius 2 is 1.80 bits per heavy atom. The lowest BCUT2D eigenvalue weighted by atomic mass is 10.1. The SMILES string of the molecule is N#Cc1cncc2ccc(NC(=O)[C@@H]3C[C@H]3c3ccc(S(=O)(=O)Nc4ncc(F)cn4)cc3)cc12. The number of pyridine rings is 1. The summed E-state index contributed by atoms with van der Waals surface area (Å²) in [6, 6.07) is 13.6. The number of fused-ring (bicyclic) bond motifs is 1. The summed E-state index contributed by atoms with van der Waals surface area (Å²) < 4.78 is 40.2. The van der Waals surface area contributed by atoms with E-state index in [1.807, 2.05) is 0 Å². The predicted octanol–water partition coefficient (Wildman–Crippen LogP) is 3.58. The number of carbonyl (C=O) groups is 1. The molecule has 1 aliphatic carbocycles. The molecular formula is C24H17FN6O3S. The van der Waals surface area contributed by atoms with Crippen molar-refractivity contribution in [3.8, 4) is 6.07 Å². The van der Waals surface area contributed by atoms with Crippen LogP contribution in [0.3, 0.4) is 0 Å². The molecule has 1 saturated carbocycles. The van der Waals surface area contributed by atoms with Crippen LogP contribution in [0.25, 0.3) is 10.8 Å². The molecule has 2 heterocycles. The van der Waals surface area contributed by atoms with Crippen molar-refractivity contribution < 1.29 is 17.6 Å². The summed E-state index contributed by atoms with van der Waals surface area (Å²) in [7, 11) is -3.95. The molecule has 1 fully saturated rings. The molecule has 174 valence electrons. The number of rotatable bonds is 6. The Bertz CT molecular complexity index is 1580. The average Bonchev–Trinajstić information content (AvgIpc) is 3.66. The van der Waals surface area contributed by atoms with Gasteiger partial charge in [-0.25, -0.2) is 27.5 Å². The normalized spacial score (nSPS) is 16.9. The minimum Gasteiger partial charge on any atom is -0.326 e. The van der Waals surface area contributed by atoms with Gasteiger partial charge >= 0.3 is 0 Å². The van der Waals surface area contributed by atoms with E-state index in [2.05, 4.69) is 31.1 Å². The van der Waals surface area contributed by atoms with Crippen LogP contribution in [0.5, 0.6) is 0 Å². The van der Waals surface area contributed by atoms with Crippen LogP contribution in [-0.4, -0.2) is 29.3 Å². The molecule has 2 N–H and O–H groups in total. The molecule has 1 amide bonds. The molecule has 35 heavy (non-hydrogen) atoms. The summed E-state index contributed by atoms with van der Waals surface area (Å²) in [6.07, 6.45) is 5.51. The molecule has 9 nitrogen and oxygen atoms in total. The largest absolute Gasteiger partial charge is 0.326 e. The van der Waals surface area contributed by atoms with E-state index >= 15 is 0 Å². The Morgan fingerprint density at radius 3 is 2.51 bits per heavy atom. The van der Waals surface area contributed by atoms with Crippen LogP contribution in [0.2, 0.25) is 0 Å². The zero-order valence-corrected chi connectivity index (χ0v) is 18.8. The fourth-order valence-electron chi connectivity index (χ4n) is 3.86. The first-order valence-corrected chi connectivity index (χ1v) is 12.0. The third-order valence-electron chi connectivity index (χ3n) is 5.74. The maximum atomic E-state index is 12.9. The third-order valence-corrected chi connectivity index (χ3v) is 7.08. The van der Waals surface area contributed by atoms with Crippen LogP contribution in [0.15, 0.2) is 72.1 Å². The maximum absolute atomic E-state index is 12.9. The van der Waals surface area contributed by atoms with Gasteiger partial charge in [-0.2, -0.15) is 5.26 Å². The van der Waals surface area contributed by atoms with Crippen molar-refractivity contribution in [3.05, 3.63) is 84.2 Å². The maximum Gasteiger partial charge on any atom is 0.264 e. The second-order valence-electron chi connectivity index (χ2n) is 8.07. The van der Waals surface area contributed by atoms with E-state index in [-0.39, 0.29) is 28.6 Å². The lowest BCUT2D eigenvalue weighted by Crippen LogP contribution is -2.15. The summed E-state index contributed by atoms with van der Waals surface area (Å²) >= 11 is 0. The number of halogens is 1. The molecule has 2 atom stereocenters. The Hall–Kier alpha value is -4.43. The molecule has 0 aliphatic heterocycles. The summed E-state index contributed by atoms with van der Waals surface area (Å²) in [6.45, 7) is 0. The minimum absolute atomic E-state index is 0.00484. The quantitative estimate of drug-likeness (QED) is 0.423. The van der Waals surface area contributed by atoms with Crippen LogP contribution in [0, 0.1) is 23.1 Å². The van der Waals surface area contributed by atoms with Crippen LogP contribution in [0.4, 0.5) is 16.0 Å². The van der Waals surface area contributed by atoms with Gasteiger partial charge in [0.15, 0.2) is 5.82 Å². The fraction of sp³-hybridized carbons (Fsp3) is 0.125. The van der Waals surface area contributed by atoms with E-state index in [0.29, 0.717) is 23.1 Å². The molecule has 0 spiro atoms. The highest BCUT2D eigenvalue weighted by atomic mass is 32.2. The van der Waals surface area contributed by atoms with E-state index in [4.69, 9.17) is 0 Å². The molecule has 11 heteroatoms. The van der Waals surface area contributed by atoms with Gasteiger partial charge in [-0.15, -0.1) is 0 Å². The highest BCUT2D eigenvalue weighted by molar-refractivity contribution is 7.92. The number of amides is 1. The van der Waals surface area contributed by atoms with Gasteiger partial charge < -0.3 is 5.32 Å². The zero-order valence-electron chi connectivity index (χ0n) is 18.0. The minimum atomic E-state index is -3.95. The smallest absolute Gasteiger partial charge is 0.264 e. The highest BCUT2D eigenvalue weighted by Crippen LogP contribution is 2.48. The first-order valence-electron chi connectivity index (χ1n) is 10.5. The van der Waals surface area contributed by atoms with E-state index in [9.17, 15) is 22.9 Å². The summed E-state index contributed by atoms with van der Waals surface area (Å²) in [4.78, 5) is 24.0. The predicted molar refractivity (Wildman–Crippen MR) is 125 cm³/mol. The number of hydrogen-bond acceptors (Lipinski definition) is 7. The average molecular weight is 489 g/mol. The van der Waals surface area contributed by atoms with Crippen LogP contribution < -0.4 is 10.0 Å². The Kier molecular flexibility index (Phi) is 5.58. The Morgan fingerprint density at radius 1 is 1.06 bits per heavy atom. The molecule has 4 aromatic rings. The number of hydrogen-bond donors (Lipinski definition) is 2. The number of benzene rings is 2. The van der Waals surface area contributed by atoms with Crippen molar-refractivity contribution in [3.63, 3.8) is 0 Å². The van der Waals surface area contributed by atoms with E-state index in [0.717, 1.165) is 23.3 Å². The fourth-order valence-corrected chi connectivity index (χ4v) is 4.81. The van der Waals surface area contributed by atoms with E-state index < -0.39 is 15.8 Å². The molecule has 0 saturated heterocycles. The molecule has 0 radical (unpaired) electrons. The van der Waals surface area contributed by atoms with Crippen molar-refractivity contribution in [2.24, 2.45) is 5.92 Å². The summed E-state index contributed by atoms with van der Waals surface area (Å²) in [5, 5.41) is 13.7. The van der Waals surface area contributed by atoms with E-state index in [1.165, 1.54) is 18.3 Å². The van der Waals surface area contributed by atoms with Gasteiger partial charge in [0.2, 0.25) is 11.9 Å². The lowest BCUT2D eigenvalue weighted by Gasteiger charge is -2.08. The van der Waals surface area contributed by atoms with Crippen molar-refractivity contribution in [2.75, 3.05) is 10.0 Å². The number of carbonyl (C=O) groups excluding carboxylic acids is 1. The molecular weight excluding hydrogens is 471 g/mol. The first kappa shape index (κ1) is 22.4. The number of sulfonamides is 1. The van der Waals surface area contributed by atoms with Gasteiger partial charge in [-0.3, -0.25) is 9.78 Å². The summed E-state index contributed by atoms with van der Waals surface area (Å²) in [5.74, 6) is -1.33. The van der Waals surface area contributed by atoms with Crippen molar-refractivity contribution >= 4 is 38.3 Å². The third kappa shape index (κ3) is 4.64. The molecule has 5 rings (SSSR count). The van der Waals surface area contributed by atoms with Gasteiger partial charge in [0.05, 0.1) is 22.9 Å². The summed E-state index contributed by atoms with van der Waals surface area (Å²) in [5.41, 5.74) is 1.86. The number of nitrogens with one attached hydrogen (secondary N) is 2. The number of anilines is 2. The molecule has 0 unspecified atom stereocenters. The van der Waals surface area contributed by atoms with Crippen LogP contribution in [-0.2, 0) is 14.8 Å². The Labute approximate surface area is 199 Å². The van der Waals surface area contributed by atoms with Gasteiger partial charge in [-0.05, 0) is 42.2 Å². The topological polar surface area (TPSA) is 138 Å². The molecule has 2 aromatic heterocycles. The standard InChI is InChI=1S/C24H17FN6O3S/c25-17-12-28-24(29-13-17)31-35(33,34)19-5-2-14(3-6-19)21-8-22(21)23(32)30-18-4-1-15-10-27-11-16(9-26)20(15)7-18/h1-7,10-13,21-22H,8H2,(H,30,32)(H,28,29,31)/t21-,22+/m0/s1. The number of nitrogens with zero attached hydrogens (tertiary/aromatic N) is 4. The van der Waals surface area contributed by atoms with Gasteiger partial charge in [0.1, 0.15) is 6.07 Å². The van der Waals surface area contributed by atoms with Crippen LogP contribution >= 0.6 is 0 Å². The van der Waals surface area contributed by atoms with Crippen molar-refractivity contribution in [2.45, 2.75) is 17.2 Å². The first-order chi connectivity index (χ1) is 16.8. The number of nitriles is 1. The van der Waals surface area contributed by atoms with Crippen molar-refractivity contribution in [1.29, 1.82) is 5.26 Å². The van der Waals surface area contributed by atoms with Gasteiger partial charge in [0.25, 0.3) is 10.0 Å². The highest BCUT2D eigenvalue weighted by Gasteiger charge is 2.44. The van der Waals surface area contributed by atoms with Gasteiger partial charge in [0, 0.05) is 34.8 Å². The Balaban J connectivity index is 1.25. The second kappa shape index (κ2) is 8.73. The van der Waals surface area contributed by atoms with Crippen LogP contribution in [0.1, 0.15) is 23.5 Å². The van der Waals surface area contributed by atoms with Crippen molar-refractivity contribution in [1.82, 2.24) is 15.0 Å². The zero-order chi connectivity index (χ0) is 24.6. The molecule has 1 aliphatic rings. The van der Waals surface area contributed by atoms with Gasteiger partial charge in [-0.1, -0.05) is 18.2 Å². The number of aromatic nitrogens is 3. The monoisotopic (exact) mass is 488 g/mol. The molecule has 2 aromatic carbocycles. The second-order valence-corrected chi connectivity index (χ2v) is 9.75.